The predicted molar refractivity (Wildman–Crippen MR) is 81.6 cm³/mol. The van der Waals surface area contributed by atoms with Crippen molar-refractivity contribution in [2.24, 2.45) is 5.73 Å². The Bertz CT molecular complexity index is 735. The van der Waals surface area contributed by atoms with Gasteiger partial charge in [-0.1, -0.05) is 19.1 Å². The molecule has 0 spiro atoms. The van der Waals surface area contributed by atoms with E-state index < -0.39 is 15.9 Å². The summed E-state index contributed by atoms with van der Waals surface area (Å²) < 4.78 is 26.9. The smallest absolute Gasteiger partial charge is 0.261 e. The molecule has 0 radical (unpaired) electrons. The van der Waals surface area contributed by atoms with Crippen molar-refractivity contribution in [1.29, 1.82) is 0 Å². The highest BCUT2D eigenvalue weighted by Gasteiger charge is 2.14. The molecular formula is C15H16N2O3S. The summed E-state index contributed by atoms with van der Waals surface area (Å²) in [6.07, 6.45) is 0.890. The number of sulfonamides is 1. The van der Waals surface area contributed by atoms with Crippen molar-refractivity contribution in [3.05, 3.63) is 59.7 Å². The standard InChI is InChI=1S/C15H16N2O3S/c1-2-11-3-7-13(8-4-11)17-21(19,20)14-9-5-12(6-10-14)15(16)18/h3-10,17H,2H2,1H3,(H2,16,18). The minimum atomic E-state index is -3.68. The number of primary amides is 1. The number of anilines is 1. The van der Waals surface area contributed by atoms with E-state index in [0.717, 1.165) is 12.0 Å². The van der Waals surface area contributed by atoms with Crippen molar-refractivity contribution in [3.63, 3.8) is 0 Å². The number of aryl methyl sites for hydroxylation is 1. The molecule has 0 heterocycles. The molecule has 21 heavy (non-hydrogen) atoms. The van der Waals surface area contributed by atoms with Gasteiger partial charge in [-0.15, -0.1) is 0 Å². The van der Waals surface area contributed by atoms with E-state index in [9.17, 15) is 13.2 Å². The van der Waals surface area contributed by atoms with E-state index >= 15 is 0 Å². The van der Waals surface area contributed by atoms with Crippen LogP contribution in [0.1, 0.15) is 22.8 Å². The van der Waals surface area contributed by atoms with E-state index in [1.165, 1.54) is 24.3 Å². The van der Waals surface area contributed by atoms with Gasteiger partial charge in [0.1, 0.15) is 0 Å². The molecule has 0 aliphatic rings. The summed E-state index contributed by atoms with van der Waals surface area (Å²) in [4.78, 5) is 11.0. The van der Waals surface area contributed by atoms with E-state index in [-0.39, 0.29) is 10.5 Å². The van der Waals surface area contributed by atoms with Crippen molar-refractivity contribution < 1.29 is 13.2 Å². The van der Waals surface area contributed by atoms with E-state index in [2.05, 4.69) is 4.72 Å². The Kier molecular flexibility index (Phi) is 4.28. The Morgan fingerprint density at radius 2 is 1.62 bits per heavy atom. The highest BCUT2D eigenvalue weighted by molar-refractivity contribution is 7.92. The Morgan fingerprint density at radius 1 is 1.05 bits per heavy atom. The Hall–Kier alpha value is -2.34. The van der Waals surface area contributed by atoms with Crippen molar-refractivity contribution in [3.8, 4) is 0 Å². The van der Waals surface area contributed by atoms with Gasteiger partial charge < -0.3 is 5.73 Å². The molecule has 2 aromatic rings. The number of benzene rings is 2. The molecule has 0 unspecified atom stereocenters. The zero-order valence-corrected chi connectivity index (χ0v) is 12.4. The minimum absolute atomic E-state index is 0.0760. The van der Waals surface area contributed by atoms with Gasteiger partial charge >= 0.3 is 0 Å². The summed E-state index contributed by atoms with van der Waals surface area (Å²) >= 11 is 0. The lowest BCUT2D eigenvalue weighted by Crippen LogP contribution is -2.14. The number of carbonyl (C=O) groups is 1. The number of amides is 1. The molecule has 0 aromatic heterocycles. The molecule has 3 N–H and O–H groups in total. The second kappa shape index (κ2) is 5.97. The van der Waals surface area contributed by atoms with Gasteiger partial charge in [0.15, 0.2) is 0 Å². The van der Waals surface area contributed by atoms with E-state index in [1.807, 2.05) is 19.1 Å². The van der Waals surface area contributed by atoms with Crippen LogP contribution in [0.3, 0.4) is 0 Å². The summed E-state index contributed by atoms with van der Waals surface area (Å²) in [5, 5.41) is 0. The Balaban J connectivity index is 2.22. The second-order valence-corrected chi connectivity index (χ2v) is 6.23. The summed E-state index contributed by atoms with van der Waals surface area (Å²) in [6, 6.07) is 12.6. The number of nitrogens with one attached hydrogen (secondary N) is 1. The fraction of sp³-hybridized carbons (Fsp3) is 0.133. The third-order valence-electron chi connectivity index (χ3n) is 3.06. The first-order valence-corrected chi connectivity index (χ1v) is 7.92. The lowest BCUT2D eigenvalue weighted by atomic mass is 10.2. The molecule has 0 atom stereocenters. The highest BCUT2D eigenvalue weighted by Crippen LogP contribution is 2.17. The fourth-order valence-electron chi connectivity index (χ4n) is 1.82. The number of rotatable bonds is 5. The molecule has 110 valence electrons. The molecule has 0 saturated carbocycles. The van der Waals surface area contributed by atoms with E-state index in [1.54, 1.807) is 12.1 Å². The highest BCUT2D eigenvalue weighted by atomic mass is 32.2. The van der Waals surface area contributed by atoms with Crippen molar-refractivity contribution in [2.45, 2.75) is 18.2 Å². The Morgan fingerprint density at radius 3 is 2.10 bits per heavy atom. The molecular weight excluding hydrogens is 288 g/mol. The van der Waals surface area contributed by atoms with Crippen LogP contribution in [0.5, 0.6) is 0 Å². The van der Waals surface area contributed by atoms with Gasteiger partial charge in [0.2, 0.25) is 5.91 Å². The van der Waals surface area contributed by atoms with Crippen LogP contribution in [-0.4, -0.2) is 14.3 Å². The minimum Gasteiger partial charge on any atom is -0.366 e. The van der Waals surface area contributed by atoms with E-state index in [0.29, 0.717) is 5.69 Å². The monoisotopic (exact) mass is 304 g/mol. The van der Waals surface area contributed by atoms with Crippen molar-refractivity contribution in [1.82, 2.24) is 0 Å². The SMILES string of the molecule is CCc1ccc(NS(=O)(=O)c2ccc(C(N)=O)cc2)cc1. The lowest BCUT2D eigenvalue weighted by Gasteiger charge is -2.09. The average Bonchev–Trinajstić information content (AvgIpc) is 2.48. The normalized spacial score (nSPS) is 11.1. The largest absolute Gasteiger partial charge is 0.366 e. The van der Waals surface area contributed by atoms with Gasteiger partial charge in [-0.25, -0.2) is 8.42 Å². The van der Waals surface area contributed by atoms with Gasteiger partial charge in [-0.3, -0.25) is 9.52 Å². The molecule has 2 rings (SSSR count). The maximum Gasteiger partial charge on any atom is 0.261 e. The van der Waals surface area contributed by atoms with Crippen LogP contribution in [0.4, 0.5) is 5.69 Å². The molecule has 1 amide bonds. The van der Waals surface area contributed by atoms with Gasteiger partial charge in [0, 0.05) is 11.3 Å². The third-order valence-corrected chi connectivity index (χ3v) is 4.46. The van der Waals surface area contributed by atoms with Crippen LogP contribution in [0.25, 0.3) is 0 Å². The third kappa shape index (κ3) is 3.61. The van der Waals surface area contributed by atoms with Crippen LogP contribution < -0.4 is 10.5 Å². The predicted octanol–water partition coefficient (Wildman–Crippen LogP) is 2.15. The molecule has 6 heteroatoms. The molecule has 0 aliphatic carbocycles. The summed E-state index contributed by atoms with van der Waals surface area (Å²) in [6.45, 7) is 2.03. The zero-order valence-electron chi connectivity index (χ0n) is 11.5. The Labute approximate surface area is 123 Å². The van der Waals surface area contributed by atoms with E-state index in [4.69, 9.17) is 5.73 Å². The zero-order chi connectivity index (χ0) is 15.5. The molecule has 0 aliphatic heterocycles. The number of hydrogen-bond donors (Lipinski definition) is 2. The quantitative estimate of drug-likeness (QED) is 0.887. The second-order valence-electron chi connectivity index (χ2n) is 4.54. The van der Waals surface area contributed by atoms with Gasteiger partial charge in [0.05, 0.1) is 4.90 Å². The van der Waals surface area contributed by atoms with Crippen LogP contribution in [0.15, 0.2) is 53.4 Å². The summed E-state index contributed by atoms with van der Waals surface area (Å²) in [7, 11) is -3.68. The van der Waals surface area contributed by atoms with Crippen molar-refractivity contribution >= 4 is 21.6 Å². The van der Waals surface area contributed by atoms with Crippen molar-refractivity contribution in [2.75, 3.05) is 4.72 Å². The lowest BCUT2D eigenvalue weighted by molar-refractivity contribution is 0.1000. The average molecular weight is 304 g/mol. The maximum atomic E-state index is 12.2. The molecule has 0 fully saturated rings. The molecule has 0 bridgehead atoms. The number of hydrogen-bond acceptors (Lipinski definition) is 3. The molecule has 2 aromatic carbocycles. The van der Waals surface area contributed by atoms with Crippen LogP contribution in [0, 0.1) is 0 Å². The first-order chi connectivity index (χ1) is 9.92. The van der Waals surface area contributed by atoms with Crippen LogP contribution in [0.2, 0.25) is 0 Å². The van der Waals surface area contributed by atoms with Gasteiger partial charge in [0.25, 0.3) is 10.0 Å². The topological polar surface area (TPSA) is 89.3 Å². The maximum absolute atomic E-state index is 12.2. The van der Waals surface area contributed by atoms with Crippen LogP contribution >= 0.6 is 0 Å². The first-order valence-electron chi connectivity index (χ1n) is 6.44. The number of carbonyl (C=O) groups excluding carboxylic acids is 1. The fourth-order valence-corrected chi connectivity index (χ4v) is 2.88. The molecule has 0 saturated heterocycles. The van der Waals surface area contributed by atoms with Crippen LogP contribution in [-0.2, 0) is 16.4 Å². The summed E-state index contributed by atoms with van der Waals surface area (Å²) in [5.74, 6) is -0.595. The van der Waals surface area contributed by atoms with Gasteiger partial charge in [-0.05, 0) is 48.4 Å². The summed E-state index contributed by atoms with van der Waals surface area (Å²) in [5.41, 5.74) is 7.01. The number of nitrogens with two attached hydrogens (primary N) is 1. The molecule has 5 nitrogen and oxygen atoms in total. The van der Waals surface area contributed by atoms with Gasteiger partial charge in [-0.2, -0.15) is 0 Å². The first kappa shape index (κ1) is 15.1.